The fraction of sp³-hybridized carbons (Fsp3) is 0.250. The first-order chi connectivity index (χ1) is 14.2. The zero-order chi connectivity index (χ0) is 20.2. The predicted molar refractivity (Wildman–Crippen MR) is 122 cm³/mol. The predicted octanol–water partition coefficient (Wildman–Crippen LogP) is 5.48. The molecule has 0 aliphatic rings. The van der Waals surface area contributed by atoms with E-state index < -0.39 is 0 Å². The van der Waals surface area contributed by atoms with Gasteiger partial charge in [0.15, 0.2) is 0 Å². The Morgan fingerprint density at radius 1 is 1.00 bits per heavy atom. The second-order valence-corrected chi connectivity index (χ2v) is 8.29. The van der Waals surface area contributed by atoms with Crippen molar-refractivity contribution in [2.45, 2.75) is 26.3 Å². The Morgan fingerprint density at radius 3 is 2.45 bits per heavy atom. The summed E-state index contributed by atoms with van der Waals surface area (Å²) < 4.78 is 0. The van der Waals surface area contributed by atoms with E-state index in [9.17, 15) is 5.11 Å². The number of hydrogen-bond donors (Lipinski definition) is 1. The Kier molecular flexibility index (Phi) is 5.88. The molecule has 0 saturated carbocycles. The molecule has 0 amide bonds. The molecule has 2 aromatic carbocycles. The summed E-state index contributed by atoms with van der Waals surface area (Å²) in [6, 6.07) is 19.0. The van der Waals surface area contributed by atoms with Crippen LogP contribution in [0.25, 0.3) is 21.3 Å². The molecule has 4 nitrogen and oxygen atoms in total. The van der Waals surface area contributed by atoms with Crippen LogP contribution in [-0.2, 0) is 6.54 Å². The van der Waals surface area contributed by atoms with Crippen LogP contribution in [0.3, 0.4) is 0 Å². The summed E-state index contributed by atoms with van der Waals surface area (Å²) in [5.74, 6) is 1.38. The molecule has 0 aliphatic carbocycles. The maximum Gasteiger partial charge on any atom is 0.141 e. The summed E-state index contributed by atoms with van der Waals surface area (Å²) in [5, 5.41) is 12.9. The number of aliphatic hydroxyl groups is 1. The van der Waals surface area contributed by atoms with Crippen molar-refractivity contribution >= 4 is 27.4 Å². The van der Waals surface area contributed by atoms with Crippen molar-refractivity contribution in [2.75, 3.05) is 18.1 Å². The average Bonchev–Trinajstić information content (AvgIpc) is 3.18. The molecule has 4 rings (SSSR count). The first kappa shape index (κ1) is 19.6. The van der Waals surface area contributed by atoms with Crippen molar-refractivity contribution in [3.05, 3.63) is 77.4 Å². The highest BCUT2D eigenvalue weighted by atomic mass is 32.1. The summed E-state index contributed by atoms with van der Waals surface area (Å²) in [4.78, 5) is 12.2. The van der Waals surface area contributed by atoms with Crippen LogP contribution < -0.4 is 4.90 Å². The van der Waals surface area contributed by atoms with Gasteiger partial charge in [-0.15, -0.1) is 11.3 Å². The minimum atomic E-state index is 0.0703. The number of hydrogen-bond acceptors (Lipinski definition) is 5. The van der Waals surface area contributed by atoms with Crippen molar-refractivity contribution in [3.8, 4) is 11.1 Å². The van der Waals surface area contributed by atoms with Gasteiger partial charge in [-0.25, -0.2) is 9.97 Å². The van der Waals surface area contributed by atoms with Crippen LogP contribution in [0.15, 0.2) is 66.3 Å². The first-order valence-corrected chi connectivity index (χ1v) is 10.8. The van der Waals surface area contributed by atoms with E-state index in [2.05, 4.69) is 70.5 Å². The molecule has 0 saturated heterocycles. The molecule has 0 atom stereocenters. The van der Waals surface area contributed by atoms with Gasteiger partial charge >= 0.3 is 0 Å². The van der Waals surface area contributed by atoms with Gasteiger partial charge in [-0.1, -0.05) is 68.4 Å². The quantitative estimate of drug-likeness (QED) is 0.444. The van der Waals surface area contributed by atoms with E-state index in [1.165, 1.54) is 16.7 Å². The zero-order valence-corrected chi connectivity index (χ0v) is 17.6. The highest BCUT2D eigenvalue weighted by Gasteiger charge is 2.18. The molecule has 0 spiro atoms. The van der Waals surface area contributed by atoms with E-state index in [-0.39, 0.29) is 6.61 Å². The number of rotatable bonds is 7. The lowest BCUT2D eigenvalue weighted by Gasteiger charge is -2.24. The molecule has 1 N–H and O–H groups in total. The minimum Gasteiger partial charge on any atom is -0.395 e. The molecular formula is C24H25N3OS. The summed E-state index contributed by atoms with van der Waals surface area (Å²) in [7, 11) is 0. The average molecular weight is 404 g/mol. The molecule has 0 bridgehead atoms. The van der Waals surface area contributed by atoms with Crippen LogP contribution in [0.1, 0.15) is 30.9 Å². The second kappa shape index (κ2) is 8.72. The maximum atomic E-state index is 9.69. The molecule has 0 aliphatic heterocycles. The summed E-state index contributed by atoms with van der Waals surface area (Å²) in [6.07, 6.45) is 1.62. The number of anilines is 1. The maximum absolute atomic E-state index is 9.69. The number of nitrogens with zero attached hydrogens (tertiary/aromatic N) is 3. The van der Waals surface area contributed by atoms with Gasteiger partial charge in [0.1, 0.15) is 17.0 Å². The number of benzene rings is 2. The van der Waals surface area contributed by atoms with Gasteiger partial charge in [-0.3, -0.25) is 0 Å². The molecule has 0 radical (unpaired) electrons. The van der Waals surface area contributed by atoms with Crippen LogP contribution in [0, 0.1) is 0 Å². The van der Waals surface area contributed by atoms with Gasteiger partial charge in [0.2, 0.25) is 0 Å². The van der Waals surface area contributed by atoms with Gasteiger partial charge in [0.05, 0.1) is 12.0 Å². The lowest BCUT2D eigenvalue weighted by Crippen LogP contribution is -2.27. The van der Waals surface area contributed by atoms with Crippen LogP contribution in [-0.4, -0.2) is 28.2 Å². The molecule has 2 heterocycles. The molecule has 29 heavy (non-hydrogen) atoms. The summed E-state index contributed by atoms with van der Waals surface area (Å²) in [5.41, 5.74) is 4.83. The lowest BCUT2D eigenvalue weighted by molar-refractivity contribution is 0.301. The first-order valence-electron chi connectivity index (χ1n) is 9.89. The van der Waals surface area contributed by atoms with E-state index in [1.807, 2.05) is 18.2 Å². The smallest absolute Gasteiger partial charge is 0.141 e. The second-order valence-electron chi connectivity index (χ2n) is 7.43. The SMILES string of the molecule is CC(C)c1ccc(-c2csc3ncnc(N(CCO)Cc4ccccc4)c23)cc1. The molecular weight excluding hydrogens is 378 g/mol. The highest BCUT2D eigenvalue weighted by molar-refractivity contribution is 7.17. The minimum absolute atomic E-state index is 0.0703. The van der Waals surface area contributed by atoms with Crippen molar-refractivity contribution < 1.29 is 5.11 Å². The number of aliphatic hydroxyl groups excluding tert-OH is 1. The molecule has 4 aromatic rings. The Bertz CT molecular complexity index is 1070. The fourth-order valence-electron chi connectivity index (χ4n) is 3.54. The van der Waals surface area contributed by atoms with Crippen molar-refractivity contribution in [2.24, 2.45) is 0 Å². The molecule has 0 fully saturated rings. The van der Waals surface area contributed by atoms with Gasteiger partial charge in [0, 0.05) is 24.0 Å². The molecule has 2 aromatic heterocycles. The van der Waals surface area contributed by atoms with Crippen molar-refractivity contribution in [1.29, 1.82) is 0 Å². The Morgan fingerprint density at radius 2 is 1.76 bits per heavy atom. The third-order valence-corrected chi connectivity index (χ3v) is 6.01. The normalized spacial score (nSPS) is 11.3. The van der Waals surface area contributed by atoms with Crippen LogP contribution in [0.5, 0.6) is 0 Å². The molecule has 0 unspecified atom stereocenters. The Balaban J connectivity index is 1.78. The largest absolute Gasteiger partial charge is 0.395 e. The fourth-order valence-corrected chi connectivity index (χ4v) is 4.45. The Labute approximate surface area is 175 Å². The van der Waals surface area contributed by atoms with Crippen LogP contribution in [0.4, 0.5) is 5.82 Å². The van der Waals surface area contributed by atoms with E-state index in [1.54, 1.807) is 17.7 Å². The van der Waals surface area contributed by atoms with Gasteiger partial charge in [-0.05, 0) is 22.6 Å². The van der Waals surface area contributed by atoms with E-state index in [0.717, 1.165) is 21.6 Å². The lowest BCUT2D eigenvalue weighted by atomic mass is 9.99. The van der Waals surface area contributed by atoms with E-state index >= 15 is 0 Å². The molecule has 148 valence electrons. The monoisotopic (exact) mass is 403 g/mol. The number of thiophene rings is 1. The summed E-state index contributed by atoms with van der Waals surface area (Å²) >= 11 is 1.63. The third-order valence-electron chi connectivity index (χ3n) is 5.12. The summed E-state index contributed by atoms with van der Waals surface area (Å²) in [6.45, 7) is 5.69. The van der Waals surface area contributed by atoms with Crippen LogP contribution >= 0.6 is 11.3 Å². The third kappa shape index (κ3) is 4.16. The van der Waals surface area contributed by atoms with E-state index in [0.29, 0.717) is 19.0 Å². The molecule has 5 heteroatoms. The van der Waals surface area contributed by atoms with Gasteiger partial charge < -0.3 is 10.0 Å². The van der Waals surface area contributed by atoms with Gasteiger partial charge in [0.25, 0.3) is 0 Å². The number of aromatic nitrogens is 2. The van der Waals surface area contributed by atoms with Crippen molar-refractivity contribution in [3.63, 3.8) is 0 Å². The van der Waals surface area contributed by atoms with E-state index in [4.69, 9.17) is 0 Å². The van der Waals surface area contributed by atoms with Crippen LogP contribution in [0.2, 0.25) is 0 Å². The Hall–Kier alpha value is -2.76. The highest BCUT2D eigenvalue weighted by Crippen LogP contribution is 2.38. The number of fused-ring (bicyclic) bond motifs is 1. The topological polar surface area (TPSA) is 49.2 Å². The van der Waals surface area contributed by atoms with Crippen molar-refractivity contribution in [1.82, 2.24) is 9.97 Å². The standard InChI is InChI=1S/C24H25N3OS/c1-17(2)19-8-10-20(11-9-19)21-15-29-24-22(21)23(25-16-26-24)27(12-13-28)14-18-6-4-3-5-7-18/h3-11,15-17,28H,12-14H2,1-2H3. The van der Waals surface area contributed by atoms with Gasteiger partial charge in [-0.2, -0.15) is 0 Å². The zero-order valence-electron chi connectivity index (χ0n) is 16.7.